The van der Waals surface area contributed by atoms with Crippen molar-refractivity contribution in [3.63, 3.8) is 0 Å². The summed E-state index contributed by atoms with van der Waals surface area (Å²) >= 11 is 0. The molecule has 3 aliphatic heterocycles. The van der Waals surface area contributed by atoms with Gasteiger partial charge in [0.05, 0.1) is 24.7 Å². The molecule has 1 aromatic carbocycles. The molecule has 1 unspecified atom stereocenters. The number of halogens is 1. The highest BCUT2D eigenvalue weighted by Gasteiger charge is 2.26. The minimum Gasteiger partial charge on any atom is -0.495 e. The average molecular weight is 509 g/mol. The molecular weight excluding hydrogens is 467 g/mol. The summed E-state index contributed by atoms with van der Waals surface area (Å²) in [5.41, 5.74) is 1.66. The minimum absolute atomic E-state index is 0.347. The molecule has 3 aliphatic rings. The average Bonchev–Trinajstić information content (AvgIpc) is 3.59. The van der Waals surface area contributed by atoms with Crippen molar-refractivity contribution in [1.82, 2.24) is 19.8 Å². The highest BCUT2D eigenvalue weighted by Crippen LogP contribution is 2.32. The number of aromatic nitrogens is 2. The lowest BCUT2D eigenvalue weighted by Crippen LogP contribution is -2.39. The third kappa shape index (κ3) is 6.45. The molecule has 0 bridgehead atoms. The van der Waals surface area contributed by atoms with E-state index in [0.717, 1.165) is 73.5 Å². The van der Waals surface area contributed by atoms with Crippen LogP contribution in [-0.4, -0.2) is 91.4 Å². The molecule has 1 atom stereocenters. The zero-order chi connectivity index (χ0) is 25.6. The number of rotatable bonds is 8. The van der Waals surface area contributed by atoms with E-state index in [-0.39, 0.29) is 0 Å². The van der Waals surface area contributed by atoms with Crippen LogP contribution in [-0.2, 0) is 0 Å². The number of fused-ring (bicyclic) bond motifs is 1. The van der Waals surface area contributed by atoms with Gasteiger partial charge in [-0.05, 0) is 70.3 Å². The minimum atomic E-state index is -0.827. The summed E-state index contributed by atoms with van der Waals surface area (Å²) in [6.45, 7) is 9.95. The van der Waals surface area contributed by atoms with E-state index in [0.29, 0.717) is 31.5 Å². The monoisotopic (exact) mass is 508 g/mol. The lowest BCUT2D eigenvalue weighted by molar-refractivity contribution is 0.219. The second-order valence-corrected chi connectivity index (χ2v) is 10.6. The third-order valence-corrected chi connectivity index (χ3v) is 7.86. The van der Waals surface area contributed by atoms with Gasteiger partial charge in [0.15, 0.2) is 0 Å². The van der Waals surface area contributed by atoms with Gasteiger partial charge in [-0.2, -0.15) is 4.98 Å². The van der Waals surface area contributed by atoms with Crippen LogP contribution in [0.25, 0.3) is 10.9 Å². The summed E-state index contributed by atoms with van der Waals surface area (Å²) in [5.74, 6) is 8.82. The quantitative estimate of drug-likeness (QED) is 0.533. The zero-order valence-corrected chi connectivity index (χ0v) is 22.4. The van der Waals surface area contributed by atoms with Crippen LogP contribution in [0.4, 0.5) is 16.2 Å². The molecule has 3 fully saturated rings. The number of benzene rings is 1. The summed E-state index contributed by atoms with van der Waals surface area (Å²) in [6, 6.07) is 4.38. The molecule has 200 valence electrons. The number of piperidine rings is 1. The van der Waals surface area contributed by atoms with E-state index in [1.54, 1.807) is 7.11 Å². The fraction of sp³-hybridized carbons (Fsp3) is 0.655. The van der Waals surface area contributed by atoms with Crippen molar-refractivity contribution >= 4 is 22.7 Å². The standard InChI is InChI=1S/C29H41FN6O/c1-3-12-34-16-10-24(11-17-34)31-28-25-20-27(37-2)22(8-4-5-13-35-14-6-7-15-35)19-26(25)32-29(33-28)36-18-9-23(30)21-36/h19-20,23-24H,3,5-7,9-18,21H2,1-2H3,(H,31,32,33). The van der Waals surface area contributed by atoms with Gasteiger partial charge in [0.1, 0.15) is 17.7 Å². The second kappa shape index (κ2) is 12.3. The van der Waals surface area contributed by atoms with Crippen molar-refractivity contribution in [2.45, 2.75) is 64.1 Å². The van der Waals surface area contributed by atoms with E-state index in [9.17, 15) is 4.39 Å². The van der Waals surface area contributed by atoms with Crippen LogP contribution in [0, 0.1) is 11.8 Å². The van der Waals surface area contributed by atoms with Crippen LogP contribution in [0.5, 0.6) is 5.75 Å². The first-order chi connectivity index (χ1) is 18.1. The maximum Gasteiger partial charge on any atom is 0.227 e. The Bertz CT molecular complexity index is 1120. The molecule has 0 spiro atoms. The summed E-state index contributed by atoms with van der Waals surface area (Å²) in [7, 11) is 1.69. The molecule has 4 heterocycles. The van der Waals surface area contributed by atoms with E-state index in [1.165, 1.54) is 32.4 Å². The molecular formula is C29H41FN6O. The Morgan fingerprint density at radius 2 is 1.81 bits per heavy atom. The molecule has 0 saturated carbocycles. The SMILES string of the molecule is CCCN1CCC(Nc2nc(N3CCC(F)C3)nc3cc(C#CCCN4CCCC4)c(OC)cc23)CC1. The zero-order valence-electron chi connectivity index (χ0n) is 22.4. The first kappa shape index (κ1) is 26.0. The molecule has 3 saturated heterocycles. The fourth-order valence-electron chi connectivity index (χ4n) is 5.75. The van der Waals surface area contributed by atoms with Crippen molar-refractivity contribution in [2.75, 3.05) is 69.7 Å². The van der Waals surface area contributed by atoms with Gasteiger partial charge in [-0.25, -0.2) is 9.37 Å². The van der Waals surface area contributed by atoms with Gasteiger partial charge in [0.25, 0.3) is 0 Å². The van der Waals surface area contributed by atoms with Gasteiger partial charge >= 0.3 is 0 Å². The van der Waals surface area contributed by atoms with Crippen LogP contribution in [0.3, 0.4) is 0 Å². The molecule has 0 radical (unpaired) electrons. The maximum atomic E-state index is 14.0. The number of methoxy groups -OCH3 is 1. The Balaban J connectivity index is 1.42. The summed E-state index contributed by atoms with van der Waals surface area (Å²) in [6.07, 6.45) is 6.47. The first-order valence-corrected chi connectivity index (χ1v) is 14.1. The van der Waals surface area contributed by atoms with Gasteiger partial charge in [0, 0.05) is 44.0 Å². The molecule has 7 nitrogen and oxygen atoms in total. The summed E-state index contributed by atoms with van der Waals surface area (Å²) in [5, 5.41) is 4.65. The van der Waals surface area contributed by atoms with Gasteiger partial charge in [0.2, 0.25) is 5.95 Å². The Kier molecular flexibility index (Phi) is 8.62. The smallest absolute Gasteiger partial charge is 0.227 e. The van der Waals surface area contributed by atoms with Crippen molar-refractivity contribution < 1.29 is 9.13 Å². The predicted octanol–water partition coefficient (Wildman–Crippen LogP) is 4.31. The van der Waals surface area contributed by atoms with Crippen LogP contribution < -0.4 is 15.0 Å². The van der Waals surface area contributed by atoms with Gasteiger partial charge in [-0.3, -0.25) is 0 Å². The van der Waals surface area contributed by atoms with Crippen molar-refractivity contribution in [1.29, 1.82) is 0 Å². The Hall–Kier alpha value is -2.63. The van der Waals surface area contributed by atoms with E-state index in [1.807, 2.05) is 17.0 Å². The summed E-state index contributed by atoms with van der Waals surface area (Å²) in [4.78, 5) is 16.8. The van der Waals surface area contributed by atoms with Crippen molar-refractivity contribution in [2.24, 2.45) is 0 Å². The number of ether oxygens (including phenoxy) is 1. The van der Waals surface area contributed by atoms with Crippen LogP contribution in [0.1, 0.15) is 57.4 Å². The Morgan fingerprint density at radius 3 is 2.51 bits per heavy atom. The molecule has 5 rings (SSSR count). The molecule has 0 amide bonds. The molecule has 0 aliphatic carbocycles. The fourth-order valence-corrected chi connectivity index (χ4v) is 5.75. The van der Waals surface area contributed by atoms with Gasteiger partial charge in [-0.15, -0.1) is 0 Å². The highest BCUT2D eigenvalue weighted by atomic mass is 19.1. The van der Waals surface area contributed by atoms with Crippen molar-refractivity contribution in [3.8, 4) is 17.6 Å². The van der Waals surface area contributed by atoms with Crippen LogP contribution in [0.2, 0.25) is 0 Å². The van der Waals surface area contributed by atoms with Gasteiger partial charge in [-0.1, -0.05) is 18.8 Å². The van der Waals surface area contributed by atoms with Crippen LogP contribution >= 0.6 is 0 Å². The van der Waals surface area contributed by atoms with E-state index in [4.69, 9.17) is 14.7 Å². The van der Waals surface area contributed by atoms with E-state index < -0.39 is 6.17 Å². The Labute approximate surface area is 220 Å². The first-order valence-electron chi connectivity index (χ1n) is 14.1. The highest BCUT2D eigenvalue weighted by molar-refractivity contribution is 5.93. The van der Waals surface area contributed by atoms with E-state index >= 15 is 0 Å². The third-order valence-electron chi connectivity index (χ3n) is 7.86. The van der Waals surface area contributed by atoms with E-state index in [2.05, 4.69) is 33.9 Å². The lowest BCUT2D eigenvalue weighted by atomic mass is 10.0. The number of nitrogens with zero attached hydrogens (tertiary/aromatic N) is 5. The number of alkyl halides is 1. The molecule has 2 aromatic rings. The largest absolute Gasteiger partial charge is 0.495 e. The molecule has 8 heteroatoms. The number of anilines is 2. The van der Waals surface area contributed by atoms with Crippen LogP contribution in [0.15, 0.2) is 12.1 Å². The second-order valence-electron chi connectivity index (χ2n) is 10.6. The number of hydrogen-bond donors (Lipinski definition) is 1. The maximum absolute atomic E-state index is 14.0. The lowest BCUT2D eigenvalue weighted by Gasteiger charge is -2.32. The number of nitrogens with one attached hydrogen (secondary N) is 1. The predicted molar refractivity (Wildman–Crippen MR) is 148 cm³/mol. The van der Waals surface area contributed by atoms with Crippen molar-refractivity contribution in [3.05, 3.63) is 17.7 Å². The molecule has 1 aromatic heterocycles. The summed E-state index contributed by atoms with van der Waals surface area (Å²) < 4.78 is 19.8. The molecule has 1 N–H and O–H groups in total. The number of hydrogen-bond acceptors (Lipinski definition) is 7. The molecule has 37 heavy (non-hydrogen) atoms. The van der Waals surface area contributed by atoms with Gasteiger partial charge < -0.3 is 24.8 Å². The topological polar surface area (TPSA) is 56.8 Å². The number of likely N-dealkylation sites (tertiary alicyclic amines) is 2. The normalized spacial score (nSPS) is 21.4. The Morgan fingerprint density at radius 1 is 1.03 bits per heavy atom.